The van der Waals surface area contributed by atoms with Gasteiger partial charge in [0.25, 0.3) is 15.9 Å². The predicted octanol–water partition coefficient (Wildman–Crippen LogP) is 2.06. The minimum absolute atomic E-state index is 0.0222. The van der Waals surface area contributed by atoms with E-state index in [4.69, 9.17) is 0 Å². The summed E-state index contributed by atoms with van der Waals surface area (Å²) < 4.78 is 57.2. The molecule has 7 nitrogen and oxygen atoms in total. The first-order chi connectivity index (χ1) is 12.7. The van der Waals surface area contributed by atoms with E-state index in [0.717, 1.165) is 6.07 Å². The first-order valence-electron chi connectivity index (χ1n) is 7.66. The minimum atomic E-state index is -4.12. The van der Waals surface area contributed by atoms with Crippen LogP contribution < -0.4 is 10.0 Å². The van der Waals surface area contributed by atoms with E-state index in [0.29, 0.717) is 12.1 Å². The van der Waals surface area contributed by atoms with Crippen LogP contribution in [-0.2, 0) is 19.6 Å². The van der Waals surface area contributed by atoms with Gasteiger partial charge in [0.1, 0.15) is 0 Å². The van der Waals surface area contributed by atoms with Gasteiger partial charge in [-0.1, -0.05) is 0 Å². The van der Waals surface area contributed by atoms with Crippen LogP contribution in [0.2, 0.25) is 0 Å². The van der Waals surface area contributed by atoms with E-state index in [1.165, 1.54) is 31.4 Å². The van der Waals surface area contributed by atoms with Gasteiger partial charge in [-0.25, -0.2) is 17.2 Å². The molecule has 0 unspecified atom stereocenters. The highest BCUT2D eigenvalue weighted by atomic mass is 32.2. The van der Waals surface area contributed by atoms with Crippen LogP contribution >= 0.6 is 0 Å². The lowest BCUT2D eigenvalue weighted by atomic mass is 10.2. The number of anilines is 1. The quantitative estimate of drug-likeness (QED) is 0.695. The predicted molar refractivity (Wildman–Crippen MR) is 92.6 cm³/mol. The lowest BCUT2D eigenvalue weighted by Gasteiger charge is -2.09. The van der Waals surface area contributed by atoms with Crippen molar-refractivity contribution < 1.29 is 31.5 Å². The maximum Gasteiger partial charge on any atom is 0.307 e. The third-order valence-electron chi connectivity index (χ3n) is 3.44. The van der Waals surface area contributed by atoms with Gasteiger partial charge in [-0.2, -0.15) is 0 Å². The second kappa shape index (κ2) is 8.58. The Morgan fingerprint density at radius 3 is 2.30 bits per heavy atom. The van der Waals surface area contributed by atoms with Crippen LogP contribution in [0.4, 0.5) is 14.5 Å². The second-order valence-electron chi connectivity index (χ2n) is 5.34. The molecular weight excluding hydrogens is 382 g/mol. The lowest BCUT2D eigenvalue weighted by Crippen LogP contribution is -2.26. The van der Waals surface area contributed by atoms with Crippen molar-refractivity contribution in [1.29, 1.82) is 0 Å². The maximum atomic E-state index is 13.2. The number of sulfonamides is 1. The Morgan fingerprint density at radius 2 is 1.70 bits per heavy atom. The summed E-state index contributed by atoms with van der Waals surface area (Å²) in [6.45, 7) is 0.0933. The van der Waals surface area contributed by atoms with Gasteiger partial charge in [-0.05, 0) is 42.5 Å². The van der Waals surface area contributed by atoms with Crippen molar-refractivity contribution in [3.05, 3.63) is 59.7 Å². The molecule has 2 rings (SSSR count). The van der Waals surface area contributed by atoms with Gasteiger partial charge in [0.05, 0.1) is 18.4 Å². The molecule has 27 heavy (non-hydrogen) atoms. The molecule has 0 heterocycles. The molecule has 144 valence electrons. The number of carbonyl (C=O) groups is 2. The number of rotatable bonds is 7. The molecular formula is C17H16F2N2O5S. The van der Waals surface area contributed by atoms with Crippen LogP contribution in [0.15, 0.2) is 47.4 Å². The van der Waals surface area contributed by atoms with E-state index in [2.05, 4.69) is 14.8 Å². The van der Waals surface area contributed by atoms with Gasteiger partial charge < -0.3 is 10.1 Å². The smallest absolute Gasteiger partial charge is 0.307 e. The van der Waals surface area contributed by atoms with E-state index < -0.39 is 38.4 Å². The summed E-state index contributed by atoms with van der Waals surface area (Å²) >= 11 is 0. The van der Waals surface area contributed by atoms with Crippen molar-refractivity contribution >= 4 is 27.6 Å². The summed E-state index contributed by atoms with van der Waals surface area (Å²) in [5, 5.41) is 2.51. The molecule has 0 atom stereocenters. The van der Waals surface area contributed by atoms with Gasteiger partial charge in [-0.15, -0.1) is 0 Å². The fraction of sp³-hybridized carbons (Fsp3) is 0.176. The van der Waals surface area contributed by atoms with Crippen molar-refractivity contribution in [3.63, 3.8) is 0 Å². The molecule has 0 spiro atoms. The third kappa shape index (κ3) is 5.48. The summed E-state index contributed by atoms with van der Waals surface area (Å²) in [6, 6.07) is 7.64. The van der Waals surface area contributed by atoms with E-state index >= 15 is 0 Å². The number of amides is 1. The number of hydrogen-bond donors (Lipinski definition) is 2. The normalized spacial score (nSPS) is 10.9. The number of methoxy groups -OCH3 is 1. The summed E-state index contributed by atoms with van der Waals surface area (Å²) in [5.41, 5.74) is 0.376. The standard InChI is InChI=1S/C17H16F2N2O5S/c1-26-16(22)8-9-20-17(23)11-2-4-12(5-3-11)21-27(24,25)13-6-7-14(18)15(19)10-13/h2-7,10,21H,8-9H2,1H3,(H,20,23). The lowest BCUT2D eigenvalue weighted by molar-refractivity contribution is -0.140. The van der Waals surface area contributed by atoms with E-state index in [1.807, 2.05) is 0 Å². The van der Waals surface area contributed by atoms with Crippen molar-refractivity contribution in [1.82, 2.24) is 5.32 Å². The topological polar surface area (TPSA) is 102 Å². The van der Waals surface area contributed by atoms with E-state index in [1.54, 1.807) is 0 Å². The largest absolute Gasteiger partial charge is 0.469 e. The monoisotopic (exact) mass is 398 g/mol. The Hall–Kier alpha value is -3.01. The van der Waals surface area contributed by atoms with Crippen LogP contribution in [0.5, 0.6) is 0 Å². The zero-order valence-corrected chi connectivity index (χ0v) is 15.0. The molecule has 0 aromatic heterocycles. The van der Waals surface area contributed by atoms with Crippen molar-refractivity contribution in [2.24, 2.45) is 0 Å². The maximum absolute atomic E-state index is 13.2. The molecule has 0 saturated heterocycles. The van der Waals surface area contributed by atoms with Crippen LogP contribution in [0, 0.1) is 11.6 Å². The van der Waals surface area contributed by atoms with E-state index in [-0.39, 0.29) is 24.2 Å². The number of hydrogen-bond acceptors (Lipinski definition) is 5. The molecule has 0 aliphatic rings. The number of carbonyl (C=O) groups excluding carboxylic acids is 2. The van der Waals surface area contributed by atoms with Crippen molar-refractivity contribution in [2.45, 2.75) is 11.3 Å². The Morgan fingerprint density at radius 1 is 1.04 bits per heavy atom. The molecule has 0 saturated carbocycles. The average Bonchev–Trinajstić information content (AvgIpc) is 2.63. The molecule has 0 aliphatic carbocycles. The highest BCUT2D eigenvalue weighted by Crippen LogP contribution is 2.18. The van der Waals surface area contributed by atoms with Gasteiger partial charge in [0.2, 0.25) is 0 Å². The fourth-order valence-corrected chi connectivity index (χ4v) is 3.10. The molecule has 2 N–H and O–H groups in total. The summed E-state index contributed by atoms with van der Waals surface area (Å²) in [4.78, 5) is 22.5. The molecule has 0 radical (unpaired) electrons. The molecule has 0 bridgehead atoms. The van der Waals surface area contributed by atoms with Crippen molar-refractivity contribution in [3.8, 4) is 0 Å². The first kappa shape index (κ1) is 20.3. The molecule has 2 aromatic rings. The second-order valence-corrected chi connectivity index (χ2v) is 7.02. The van der Waals surface area contributed by atoms with Crippen LogP contribution in [0.3, 0.4) is 0 Å². The minimum Gasteiger partial charge on any atom is -0.469 e. The number of benzene rings is 2. The first-order valence-corrected chi connectivity index (χ1v) is 9.14. The van der Waals surface area contributed by atoms with Gasteiger partial charge >= 0.3 is 5.97 Å². The highest BCUT2D eigenvalue weighted by molar-refractivity contribution is 7.92. The summed E-state index contributed by atoms with van der Waals surface area (Å²) in [6.07, 6.45) is 0.0222. The Balaban J connectivity index is 2.03. The Labute approximate surface area is 154 Å². The summed E-state index contributed by atoms with van der Waals surface area (Å²) in [7, 11) is -2.88. The zero-order chi connectivity index (χ0) is 20.0. The SMILES string of the molecule is COC(=O)CCNC(=O)c1ccc(NS(=O)(=O)c2ccc(F)c(F)c2)cc1. The van der Waals surface area contributed by atoms with Crippen LogP contribution in [0.25, 0.3) is 0 Å². The number of ether oxygens (including phenoxy) is 1. The molecule has 2 aromatic carbocycles. The number of esters is 1. The molecule has 0 fully saturated rings. The fourth-order valence-electron chi connectivity index (χ4n) is 2.03. The zero-order valence-electron chi connectivity index (χ0n) is 14.2. The average molecular weight is 398 g/mol. The van der Waals surface area contributed by atoms with Crippen LogP contribution in [0.1, 0.15) is 16.8 Å². The van der Waals surface area contributed by atoms with Gasteiger partial charge in [0, 0.05) is 17.8 Å². The van der Waals surface area contributed by atoms with Crippen molar-refractivity contribution in [2.75, 3.05) is 18.4 Å². The molecule has 10 heteroatoms. The molecule has 0 aliphatic heterocycles. The summed E-state index contributed by atoms with van der Waals surface area (Å²) in [5.74, 6) is -3.35. The van der Waals surface area contributed by atoms with Gasteiger partial charge in [0.15, 0.2) is 11.6 Å². The molecule has 1 amide bonds. The van der Waals surface area contributed by atoms with E-state index in [9.17, 15) is 26.8 Å². The third-order valence-corrected chi connectivity index (χ3v) is 4.82. The number of halogens is 2. The highest BCUT2D eigenvalue weighted by Gasteiger charge is 2.17. The Kier molecular flexibility index (Phi) is 6.45. The van der Waals surface area contributed by atoms with Gasteiger partial charge in [-0.3, -0.25) is 14.3 Å². The number of nitrogens with one attached hydrogen (secondary N) is 2. The van der Waals surface area contributed by atoms with Crippen LogP contribution in [-0.4, -0.2) is 33.9 Å². The Bertz CT molecular complexity index is 946.